The van der Waals surface area contributed by atoms with Crippen molar-refractivity contribution in [2.75, 3.05) is 39.8 Å². The number of rotatable bonds is 7. The first-order valence-corrected chi connectivity index (χ1v) is 12.2. The van der Waals surface area contributed by atoms with Crippen LogP contribution in [-0.4, -0.2) is 67.4 Å². The van der Waals surface area contributed by atoms with Crippen LogP contribution in [0.2, 0.25) is 10.0 Å². The summed E-state index contributed by atoms with van der Waals surface area (Å²) in [6, 6.07) is 5.71. The lowest BCUT2D eigenvalue weighted by atomic mass is 9.96. The minimum absolute atomic E-state index is 0.0899. The molecule has 2 aliphatic rings. The molecule has 0 saturated carbocycles. The van der Waals surface area contributed by atoms with E-state index in [0.29, 0.717) is 54.5 Å². The molecule has 0 radical (unpaired) electrons. The van der Waals surface area contributed by atoms with Crippen LogP contribution in [0.3, 0.4) is 0 Å². The summed E-state index contributed by atoms with van der Waals surface area (Å²) in [6.45, 7) is 9.43. The minimum atomic E-state index is -0.327. The summed E-state index contributed by atoms with van der Waals surface area (Å²) in [6.07, 6.45) is 2.09. The summed E-state index contributed by atoms with van der Waals surface area (Å²) in [7, 11) is 1.94. The Morgan fingerprint density at radius 1 is 1.16 bits per heavy atom. The zero-order valence-corrected chi connectivity index (χ0v) is 21.0. The fourth-order valence-electron chi connectivity index (χ4n) is 4.54. The fourth-order valence-corrected chi connectivity index (χ4v) is 4.85. The maximum absolute atomic E-state index is 13.5. The lowest BCUT2D eigenvalue weighted by molar-refractivity contribution is -0.134. The molecule has 2 atom stereocenters. The van der Waals surface area contributed by atoms with Crippen LogP contribution in [0, 0.1) is 11.3 Å². The van der Waals surface area contributed by atoms with Gasteiger partial charge in [0.15, 0.2) is 0 Å². The van der Waals surface area contributed by atoms with Crippen molar-refractivity contribution in [3.8, 4) is 0 Å². The summed E-state index contributed by atoms with van der Waals surface area (Å²) >= 11 is 12.3. The standard InChI is InChI=1S/C24H35Cl2N5O/c1-15(2)29-14-18(17-6-7-19(25)20(26)13-17)24(32)31-11-9-30(10-12-31)23(27)22-16(3)5-8-21(22)28-4/h6-7,13,15-16,18,27-29H,5,8-12,14H2,1-4H3/t16-,18-/m1/s1. The van der Waals surface area contributed by atoms with Crippen molar-refractivity contribution < 1.29 is 4.79 Å². The summed E-state index contributed by atoms with van der Waals surface area (Å²) in [5.74, 6) is 0.762. The molecule has 8 heteroatoms. The number of carbonyl (C=O) groups excluding carboxylic acids is 1. The molecule has 176 valence electrons. The molecule has 1 aromatic carbocycles. The van der Waals surface area contributed by atoms with Gasteiger partial charge in [-0.2, -0.15) is 0 Å². The van der Waals surface area contributed by atoms with Gasteiger partial charge in [-0.3, -0.25) is 10.2 Å². The number of hydrogen-bond acceptors (Lipinski definition) is 4. The van der Waals surface area contributed by atoms with E-state index in [0.717, 1.165) is 24.0 Å². The molecular formula is C24H35Cl2N5O. The van der Waals surface area contributed by atoms with Gasteiger partial charge in [-0.1, -0.05) is 50.0 Å². The quantitative estimate of drug-likeness (QED) is 0.406. The molecule has 6 nitrogen and oxygen atoms in total. The fraction of sp³-hybridized carbons (Fsp3) is 0.583. The van der Waals surface area contributed by atoms with Crippen molar-refractivity contribution in [1.29, 1.82) is 5.41 Å². The van der Waals surface area contributed by atoms with Crippen molar-refractivity contribution in [3.05, 3.63) is 45.1 Å². The molecule has 1 aliphatic heterocycles. The van der Waals surface area contributed by atoms with Gasteiger partial charge >= 0.3 is 0 Å². The zero-order valence-electron chi connectivity index (χ0n) is 19.5. The first-order chi connectivity index (χ1) is 15.2. The van der Waals surface area contributed by atoms with Gasteiger partial charge in [0.2, 0.25) is 5.91 Å². The van der Waals surface area contributed by atoms with Crippen LogP contribution in [0.15, 0.2) is 29.5 Å². The summed E-state index contributed by atoms with van der Waals surface area (Å²) in [5, 5.41) is 16.4. The lowest BCUT2D eigenvalue weighted by Gasteiger charge is -2.38. The summed E-state index contributed by atoms with van der Waals surface area (Å²) in [5.41, 5.74) is 3.18. The first-order valence-electron chi connectivity index (χ1n) is 11.4. The molecule has 1 saturated heterocycles. The number of benzene rings is 1. The summed E-state index contributed by atoms with van der Waals surface area (Å²) < 4.78 is 0. The SMILES string of the molecule is CNC1=C(C(=N)N2CCN(C(=O)[C@H](CNC(C)C)c3ccc(Cl)c(Cl)c3)CC2)[C@H](C)CC1. The first kappa shape index (κ1) is 24.9. The Hall–Kier alpha value is -1.76. The number of allylic oxidation sites excluding steroid dienone is 1. The number of nitrogens with zero attached hydrogens (tertiary/aromatic N) is 2. The van der Waals surface area contributed by atoms with E-state index in [9.17, 15) is 4.79 Å². The van der Waals surface area contributed by atoms with Gasteiger partial charge in [-0.25, -0.2) is 0 Å². The lowest BCUT2D eigenvalue weighted by Crippen LogP contribution is -2.53. The van der Waals surface area contributed by atoms with Gasteiger partial charge < -0.3 is 20.4 Å². The number of nitrogens with one attached hydrogen (secondary N) is 3. The maximum atomic E-state index is 13.5. The maximum Gasteiger partial charge on any atom is 0.231 e. The Balaban J connectivity index is 1.69. The highest BCUT2D eigenvalue weighted by atomic mass is 35.5. The topological polar surface area (TPSA) is 71.5 Å². The average molecular weight is 480 g/mol. The van der Waals surface area contributed by atoms with Crippen molar-refractivity contribution in [2.45, 2.75) is 45.6 Å². The monoisotopic (exact) mass is 479 g/mol. The van der Waals surface area contributed by atoms with Crippen molar-refractivity contribution >= 4 is 34.9 Å². The molecule has 1 aromatic rings. The van der Waals surface area contributed by atoms with Gasteiger partial charge in [-0.15, -0.1) is 0 Å². The van der Waals surface area contributed by atoms with E-state index in [1.807, 2.05) is 18.0 Å². The third-order valence-electron chi connectivity index (χ3n) is 6.48. The number of halogens is 2. The van der Waals surface area contributed by atoms with Crippen LogP contribution < -0.4 is 10.6 Å². The molecule has 1 fully saturated rings. The molecule has 1 amide bonds. The van der Waals surface area contributed by atoms with E-state index in [1.165, 1.54) is 5.70 Å². The highest BCUT2D eigenvalue weighted by Crippen LogP contribution is 2.32. The van der Waals surface area contributed by atoms with E-state index >= 15 is 0 Å². The number of hydrogen-bond donors (Lipinski definition) is 3. The predicted octanol–water partition coefficient (Wildman–Crippen LogP) is 4.10. The number of piperazine rings is 1. The molecule has 1 aliphatic carbocycles. The van der Waals surface area contributed by atoms with Gasteiger partial charge in [-0.05, 0) is 36.5 Å². The second-order valence-corrected chi connectivity index (χ2v) is 9.85. The van der Waals surface area contributed by atoms with E-state index in [1.54, 1.807) is 12.1 Å². The van der Waals surface area contributed by atoms with Crippen LogP contribution in [0.5, 0.6) is 0 Å². The van der Waals surface area contributed by atoms with Crippen LogP contribution in [0.25, 0.3) is 0 Å². The smallest absolute Gasteiger partial charge is 0.231 e. The predicted molar refractivity (Wildman–Crippen MR) is 133 cm³/mol. The van der Waals surface area contributed by atoms with Gasteiger partial charge in [0.05, 0.1) is 16.0 Å². The third-order valence-corrected chi connectivity index (χ3v) is 7.22. The van der Waals surface area contributed by atoms with E-state index in [4.69, 9.17) is 28.6 Å². The van der Waals surface area contributed by atoms with E-state index in [2.05, 4.69) is 36.3 Å². The highest BCUT2D eigenvalue weighted by Gasteiger charge is 2.32. The normalized spacial score (nSPS) is 20.2. The van der Waals surface area contributed by atoms with Crippen molar-refractivity contribution in [1.82, 2.24) is 20.4 Å². The van der Waals surface area contributed by atoms with Crippen molar-refractivity contribution in [3.63, 3.8) is 0 Å². The third kappa shape index (κ3) is 5.59. The Labute approximate surface area is 201 Å². The van der Waals surface area contributed by atoms with Crippen LogP contribution >= 0.6 is 23.2 Å². The Morgan fingerprint density at radius 3 is 2.41 bits per heavy atom. The van der Waals surface area contributed by atoms with Crippen LogP contribution in [-0.2, 0) is 4.79 Å². The highest BCUT2D eigenvalue weighted by molar-refractivity contribution is 6.42. The molecule has 3 rings (SSSR count). The van der Waals surface area contributed by atoms with Gasteiger partial charge in [0, 0.05) is 57.1 Å². The molecule has 0 bridgehead atoms. The van der Waals surface area contributed by atoms with Gasteiger partial charge in [0.1, 0.15) is 5.84 Å². The Kier molecular flexibility index (Phi) is 8.48. The Morgan fingerprint density at radius 2 is 1.81 bits per heavy atom. The number of amides is 1. The van der Waals surface area contributed by atoms with E-state index < -0.39 is 0 Å². The van der Waals surface area contributed by atoms with Gasteiger partial charge in [0.25, 0.3) is 0 Å². The molecular weight excluding hydrogens is 445 g/mol. The molecule has 0 aromatic heterocycles. The molecule has 32 heavy (non-hydrogen) atoms. The minimum Gasteiger partial charge on any atom is -0.391 e. The largest absolute Gasteiger partial charge is 0.391 e. The van der Waals surface area contributed by atoms with E-state index in [-0.39, 0.29) is 17.9 Å². The summed E-state index contributed by atoms with van der Waals surface area (Å²) in [4.78, 5) is 17.5. The molecule has 0 spiro atoms. The number of carbonyl (C=O) groups is 1. The van der Waals surface area contributed by atoms with Crippen LogP contribution in [0.1, 0.15) is 45.1 Å². The number of amidine groups is 1. The molecule has 3 N–H and O–H groups in total. The molecule has 0 unspecified atom stereocenters. The second kappa shape index (κ2) is 10.9. The second-order valence-electron chi connectivity index (χ2n) is 9.03. The Bertz CT molecular complexity index is 877. The molecule has 1 heterocycles. The average Bonchev–Trinajstić information content (AvgIpc) is 3.16. The van der Waals surface area contributed by atoms with Crippen molar-refractivity contribution in [2.24, 2.45) is 5.92 Å². The zero-order chi connectivity index (χ0) is 23.4. The van der Waals surface area contributed by atoms with Crippen LogP contribution in [0.4, 0.5) is 0 Å².